The number of nitrogens with zero attached hydrogens (tertiary/aromatic N) is 4. The van der Waals surface area contributed by atoms with E-state index in [9.17, 15) is 18.3 Å². The lowest BCUT2D eigenvalue weighted by atomic mass is 10.0. The number of piperidine rings is 1. The third kappa shape index (κ3) is 2.88. The van der Waals surface area contributed by atoms with Crippen LogP contribution in [0.4, 0.5) is 0 Å². The van der Waals surface area contributed by atoms with Crippen molar-refractivity contribution in [3.05, 3.63) is 17.0 Å². The fourth-order valence-electron chi connectivity index (χ4n) is 3.32. The summed E-state index contributed by atoms with van der Waals surface area (Å²) in [6, 6.07) is 0. The number of hydrogen-bond acceptors (Lipinski definition) is 4. The lowest BCUT2D eigenvalue weighted by molar-refractivity contribution is 0.0687. The van der Waals surface area contributed by atoms with E-state index in [4.69, 9.17) is 0 Å². The van der Waals surface area contributed by atoms with Gasteiger partial charge in [-0.2, -0.15) is 22.1 Å². The molecule has 0 saturated carbocycles. The van der Waals surface area contributed by atoms with Crippen LogP contribution in [0, 0.1) is 5.92 Å². The number of rotatable bonds is 3. The zero-order valence-electron chi connectivity index (χ0n) is 13.4. The lowest BCUT2D eigenvalue weighted by Gasteiger charge is -2.35. The highest BCUT2D eigenvalue weighted by Gasteiger charge is 2.36. The Morgan fingerprint density at radius 2 is 1.87 bits per heavy atom. The highest BCUT2D eigenvalue weighted by atomic mass is 32.2. The van der Waals surface area contributed by atoms with E-state index in [1.165, 1.54) is 8.61 Å². The summed E-state index contributed by atoms with van der Waals surface area (Å²) < 4.78 is 30.1. The van der Waals surface area contributed by atoms with Crippen molar-refractivity contribution in [1.29, 1.82) is 0 Å². The standard InChI is InChI=1S/C14H22N4O4S/c1-10-3-6-17(7-4-10)23(21,22)18-8-5-12-11(9-18)13(14(19)20)15-16(12)2/h10H,3-9H2,1-2H3,(H,19,20). The Balaban J connectivity index is 1.85. The van der Waals surface area contributed by atoms with E-state index in [2.05, 4.69) is 12.0 Å². The Morgan fingerprint density at radius 3 is 2.48 bits per heavy atom. The van der Waals surface area contributed by atoms with Crippen molar-refractivity contribution in [2.24, 2.45) is 13.0 Å². The zero-order chi connectivity index (χ0) is 16.8. The summed E-state index contributed by atoms with van der Waals surface area (Å²) >= 11 is 0. The zero-order valence-corrected chi connectivity index (χ0v) is 14.2. The quantitative estimate of drug-likeness (QED) is 0.860. The van der Waals surface area contributed by atoms with Gasteiger partial charge in [-0.05, 0) is 18.8 Å². The van der Waals surface area contributed by atoms with Gasteiger partial charge in [0.15, 0.2) is 5.69 Å². The molecule has 1 N–H and O–H groups in total. The fourth-order valence-corrected chi connectivity index (χ4v) is 4.93. The van der Waals surface area contributed by atoms with Crippen molar-refractivity contribution < 1.29 is 18.3 Å². The molecule has 0 atom stereocenters. The Kier molecular flexibility index (Phi) is 4.19. The van der Waals surface area contributed by atoms with Gasteiger partial charge in [0.05, 0.1) is 0 Å². The summed E-state index contributed by atoms with van der Waals surface area (Å²) in [4.78, 5) is 11.3. The number of aromatic nitrogens is 2. The van der Waals surface area contributed by atoms with E-state index in [1.807, 2.05) is 0 Å². The minimum atomic E-state index is -3.55. The van der Waals surface area contributed by atoms with Crippen LogP contribution in [0.5, 0.6) is 0 Å². The second-order valence-electron chi connectivity index (χ2n) is 6.38. The largest absolute Gasteiger partial charge is 0.476 e. The molecule has 0 bridgehead atoms. The van der Waals surface area contributed by atoms with E-state index in [0.29, 0.717) is 37.5 Å². The number of aromatic carboxylic acids is 1. The molecule has 1 aromatic rings. The van der Waals surface area contributed by atoms with E-state index in [1.54, 1.807) is 11.7 Å². The molecule has 0 aromatic carbocycles. The minimum Gasteiger partial charge on any atom is -0.476 e. The van der Waals surface area contributed by atoms with Gasteiger partial charge in [-0.3, -0.25) is 4.68 Å². The van der Waals surface area contributed by atoms with E-state index in [-0.39, 0.29) is 12.2 Å². The average Bonchev–Trinajstić information content (AvgIpc) is 2.85. The molecule has 0 amide bonds. The molecule has 0 radical (unpaired) electrons. The first-order chi connectivity index (χ1) is 10.8. The van der Waals surface area contributed by atoms with Gasteiger partial charge in [0.25, 0.3) is 10.2 Å². The maximum atomic E-state index is 12.8. The fraction of sp³-hybridized carbons (Fsp3) is 0.714. The third-order valence-corrected chi connectivity index (χ3v) is 6.79. The van der Waals surface area contributed by atoms with Crippen LogP contribution in [0.25, 0.3) is 0 Å². The molecular weight excluding hydrogens is 320 g/mol. The van der Waals surface area contributed by atoms with E-state index >= 15 is 0 Å². The topological polar surface area (TPSA) is 95.7 Å². The predicted octanol–water partition coefficient (Wildman–Crippen LogP) is 0.453. The van der Waals surface area contributed by atoms with Gasteiger partial charge in [0.2, 0.25) is 0 Å². The molecule has 3 rings (SSSR count). The molecular formula is C14H22N4O4S. The SMILES string of the molecule is CC1CCN(S(=O)(=O)N2CCc3c(c(C(=O)O)nn3C)C2)CC1. The Labute approximate surface area is 135 Å². The van der Waals surface area contributed by atoms with E-state index in [0.717, 1.165) is 18.5 Å². The van der Waals surface area contributed by atoms with Crippen molar-refractivity contribution in [3.8, 4) is 0 Å². The van der Waals surface area contributed by atoms with Crippen LogP contribution in [0.1, 0.15) is 41.5 Å². The number of aryl methyl sites for hydroxylation is 1. The van der Waals surface area contributed by atoms with Crippen molar-refractivity contribution in [2.45, 2.75) is 32.7 Å². The second kappa shape index (κ2) is 5.88. The molecule has 1 saturated heterocycles. The molecule has 1 aromatic heterocycles. The van der Waals surface area contributed by atoms with Crippen LogP contribution in [-0.4, -0.2) is 57.5 Å². The normalized spacial score (nSPS) is 21.3. The lowest BCUT2D eigenvalue weighted by Crippen LogP contribution is -2.48. The summed E-state index contributed by atoms with van der Waals surface area (Å²) in [5.41, 5.74) is 1.27. The summed E-state index contributed by atoms with van der Waals surface area (Å²) in [6.07, 6.45) is 2.22. The van der Waals surface area contributed by atoms with Crippen LogP contribution in [0.3, 0.4) is 0 Å². The predicted molar refractivity (Wildman–Crippen MR) is 83.2 cm³/mol. The average molecular weight is 342 g/mol. The van der Waals surface area contributed by atoms with Crippen molar-refractivity contribution in [1.82, 2.24) is 18.4 Å². The number of hydrogen-bond donors (Lipinski definition) is 1. The van der Waals surface area contributed by atoms with Gasteiger partial charge in [-0.25, -0.2) is 4.79 Å². The highest BCUT2D eigenvalue weighted by Crippen LogP contribution is 2.27. The van der Waals surface area contributed by atoms with Crippen molar-refractivity contribution in [3.63, 3.8) is 0 Å². The number of carboxylic acid groups (broad SMARTS) is 1. The highest BCUT2D eigenvalue weighted by molar-refractivity contribution is 7.86. The first kappa shape index (κ1) is 16.4. The smallest absolute Gasteiger partial charge is 0.356 e. The van der Waals surface area contributed by atoms with Crippen LogP contribution in [0.2, 0.25) is 0 Å². The van der Waals surface area contributed by atoms with Crippen LogP contribution in [-0.2, 0) is 30.2 Å². The molecule has 2 aliphatic heterocycles. The molecule has 0 aliphatic carbocycles. The van der Waals surface area contributed by atoms with Gasteiger partial charge in [-0.15, -0.1) is 0 Å². The molecule has 2 aliphatic rings. The second-order valence-corrected chi connectivity index (χ2v) is 8.30. The van der Waals surface area contributed by atoms with Crippen molar-refractivity contribution >= 4 is 16.2 Å². The number of carbonyl (C=O) groups is 1. The van der Waals surface area contributed by atoms with Gasteiger partial charge >= 0.3 is 5.97 Å². The molecule has 0 spiro atoms. The Hall–Kier alpha value is -1.45. The van der Waals surface area contributed by atoms with Gasteiger partial charge in [-0.1, -0.05) is 6.92 Å². The first-order valence-electron chi connectivity index (χ1n) is 7.84. The van der Waals surface area contributed by atoms with Gasteiger partial charge in [0, 0.05) is 50.9 Å². The van der Waals surface area contributed by atoms with Crippen LogP contribution >= 0.6 is 0 Å². The van der Waals surface area contributed by atoms with Gasteiger partial charge < -0.3 is 5.11 Å². The third-order valence-electron chi connectivity index (χ3n) is 4.81. The van der Waals surface area contributed by atoms with Gasteiger partial charge in [0.1, 0.15) is 0 Å². The molecule has 1 fully saturated rings. The summed E-state index contributed by atoms with van der Waals surface area (Å²) in [5.74, 6) is -0.570. The number of carboxylic acids is 1. The molecule has 9 heteroatoms. The van der Waals surface area contributed by atoms with E-state index < -0.39 is 16.2 Å². The first-order valence-corrected chi connectivity index (χ1v) is 9.23. The van der Waals surface area contributed by atoms with Crippen LogP contribution < -0.4 is 0 Å². The molecule has 0 unspecified atom stereocenters. The number of fused-ring (bicyclic) bond motifs is 1. The summed E-state index contributed by atoms with van der Waals surface area (Å²) in [5, 5.41) is 13.3. The molecule has 128 valence electrons. The monoisotopic (exact) mass is 342 g/mol. The maximum absolute atomic E-state index is 12.8. The Morgan fingerprint density at radius 1 is 1.22 bits per heavy atom. The Bertz CT molecular complexity index is 719. The minimum absolute atomic E-state index is 0.0466. The molecule has 8 nitrogen and oxygen atoms in total. The summed E-state index contributed by atoms with van der Waals surface area (Å²) in [6.45, 7) is 3.64. The van der Waals surface area contributed by atoms with Crippen molar-refractivity contribution in [2.75, 3.05) is 19.6 Å². The molecule has 3 heterocycles. The van der Waals surface area contributed by atoms with Crippen LogP contribution in [0.15, 0.2) is 0 Å². The maximum Gasteiger partial charge on any atom is 0.356 e. The molecule has 23 heavy (non-hydrogen) atoms. The summed E-state index contributed by atoms with van der Waals surface area (Å²) in [7, 11) is -1.85.